The Morgan fingerprint density at radius 2 is 2.19 bits per heavy atom. The highest BCUT2D eigenvalue weighted by Crippen LogP contribution is 2.34. The summed E-state index contributed by atoms with van der Waals surface area (Å²) in [5.74, 6) is -0.211. The number of hydrogen-bond acceptors (Lipinski definition) is 7. The number of amides is 1. The predicted molar refractivity (Wildman–Crippen MR) is 115 cm³/mol. The maximum atomic E-state index is 13.5. The van der Waals surface area contributed by atoms with Gasteiger partial charge in [0.25, 0.3) is 5.89 Å². The number of aromatic nitrogens is 8. The Bertz CT molecular complexity index is 1460. The van der Waals surface area contributed by atoms with Gasteiger partial charge < -0.3 is 14.3 Å². The molecule has 0 aromatic carbocycles. The lowest BCUT2D eigenvalue weighted by atomic mass is 9.99. The van der Waals surface area contributed by atoms with Crippen LogP contribution in [-0.2, 0) is 13.5 Å². The van der Waals surface area contributed by atoms with Gasteiger partial charge in [0.05, 0.1) is 35.0 Å². The molecular weight excluding hydrogens is 478 g/mol. The number of pyridine rings is 1. The van der Waals surface area contributed by atoms with E-state index in [4.69, 9.17) is 9.52 Å². The zero-order chi connectivity index (χ0) is 21.8. The fraction of sp³-hybridized carbons (Fsp3) is 0.200. The summed E-state index contributed by atoms with van der Waals surface area (Å²) in [6, 6.07) is 5.38. The van der Waals surface area contributed by atoms with E-state index in [0.29, 0.717) is 24.2 Å². The van der Waals surface area contributed by atoms with Crippen LogP contribution in [0, 0.1) is 0 Å². The Labute approximate surface area is 189 Å². The molecule has 1 amide bonds. The van der Waals surface area contributed by atoms with Gasteiger partial charge in [-0.1, -0.05) is 0 Å². The molecule has 6 heterocycles. The van der Waals surface area contributed by atoms with Crippen molar-refractivity contribution in [3.05, 3.63) is 70.6 Å². The second-order valence-corrected chi connectivity index (χ2v) is 8.43. The second-order valence-electron chi connectivity index (χ2n) is 7.52. The minimum atomic E-state index is -0.482. The van der Waals surface area contributed by atoms with Gasteiger partial charge in [-0.25, -0.2) is 9.50 Å². The standard InChI is InChI=1S/C20H16BrN9O2/c1-28-8-11(7-24-28)18-25-26-19(32-18)20(31)29-5-4-14-16(23-10-22-14)17(29)15-6-13-3-2-12(21)9-30(13)27-15/h2-3,6-10,17H,4-5H2,1H3,(H,22,23)/t17-/m1/s1. The molecule has 12 heteroatoms. The second kappa shape index (κ2) is 7.12. The minimum Gasteiger partial charge on any atom is -0.412 e. The SMILES string of the molecule is Cn1cc(-c2nnc(C(=O)N3CCc4[nH]cnc4[C@H]3c3cc4ccc(Br)cn4n3)o2)cn1. The van der Waals surface area contributed by atoms with Crippen molar-refractivity contribution in [3.8, 4) is 11.5 Å². The van der Waals surface area contributed by atoms with Gasteiger partial charge in [0.15, 0.2) is 0 Å². The lowest BCUT2D eigenvalue weighted by Crippen LogP contribution is -2.41. The van der Waals surface area contributed by atoms with E-state index in [9.17, 15) is 4.79 Å². The molecule has 0 spiro atoms. The van der Waals surface area contributed by atoms with Crippen LogP contribution in [0.15, 0.2) is 52.0 Å². The normalized spacial score (nSPS) is 15.9. The van der Waals surface area contributed by atoms with Gasteiger partial charge in [0, 0.05) is 42.6 Å². The first-order chi connectivity index (χ1) is 15.6. The molecule has 1 aliphatic rings. The third-order valence-electron chi connectivity index (χ3n) is 5.47. The highest BCUT2D eigenvalue weighted by Gasteiger charge is 2.38. The van der Waals surface area contributed by atoms with Gasteiger partial charge in [-0.15, -0.1) is 10.2 Å². The average molecular weight is 494 g/mol. The summed E-state index contributed by atoms with van der Waals surface area (Å²) >= 11 is 3.47. The average Bonchev–Trinajstić information content (AvgIpc) is 3.57. The number of fused-ring (bicyclic) bond motifs is 2. The molecule has 0 fully saturated rings. The largest absolute Gasteiger partial charge is 0.412 e. The van der Waals surface area contributed by atoms with Crippen LogP contribution in [-0.4, -0.2) is 56.9 Å². The number of H-pyrrole nitrogens is 1. The highest BCUT2D eigenvalue weighted by atomic mass is 79.9. The van der Waals surface area contributed by atoms with E-state index < -0.39 is 6.04 Å². The monoisotopic (exact) mass is 493 g/mol. The molecule has 0 saturated heterocycles. The van der Waals surface area contributed by atoms with Crippen molar-refractivity contribution in [2.24, 2.45) is 7.05 Å². The summed E-state index contributed by atoms with van der Waals surface area (Å²) in [6.07, 6.45) is 7.51. The summed E-state index contributed by atoms with van der Waals surface area (Å²) in [6.45, 7) is 0.459. The molecule has 0 radical (unpaired) electrons. The maximum Gasteiger partial charge on any atom is 0.312 e. The van der Waals surface area contributed by atoms with Gasteiger partial charge in [-0.05, 0) is 34.1 Å². The Kier molecular flexibility index (Phi) is 4.21. The molecule has 160 valence electrons. The van der Waals surface area contributed by atoms with E-state index in [-0.39, 0.29) is 17.7 Å². The molecule has 1 aliphatic heterocycles. The Hall–Kier alpha value is -3.80. The van der Waals surface area contributed by atoms with E-state index >= 15 is 0 Å². The number of halogens is 1. The topological polar surface area (TPSA) is 123 Å². The van der Waals surface area contributed by atoms with Gasteiger partial charge >= 0.3 is 11.8 Å². The van der Waals surface area contributed by atoms with Crippen molar-refractivity contribution in [1.29, 1.82) is 0 Å². The number of rotatable bonds is 3. The summed E-state index contributed by atoms with van der Waals surface area (Å²) in [5.41, 5.74) is 4.01. The number of nitrogens with zero attached hydrogens (tertiary/aromatic N) is 8. The molecule has 0 unspecified atom stereocenters. The van der Waals surface area contributed by atoms with Crippen molar-refractivity contribution >= 4 is 27.4 Å². The fourth-order valence-electron chi connectivity index (χ4n) is 3.99. The van der Waals surface area contributed by atoms with Crippen molar-refractivity contribution < 1.29 is 9.21 Å². The number of nitrogens with one attached hydrogen (secondary N) is 1. The van der Waals surface area contributed by atoms with E-state index in [2.05, 4.69) is 41.2 Å². The molecule has 0 saturated carbocycles. The molecule has 11 nitrogen and oxygen atoms in total. The van der Waals surface area contributed by atoms with E-state index in [1.54, 1.807) is 39.9 Å². The van der Waals surface area contributed by atoms with E-state index in [1.165, 1.54) is 0 Å². The first kappa shape index (κ1) is 18.9. The number of hydrogen-bond donors (Lipinski definition) is 1. The quantitative estimate of drug-likeness (QED) is 0.409. The molecule has 1 atom stereocenters. The van der Waals surface area contributed by atoms with Crippen molar-refractivity contribution in [2.75, 3.05) is 6.54 Å². The molecular formula is C20H16BrN9O2. The summed E-state index contributed by atoms with van der Waals surface area (Å²) in [5, 5.41) is 16.8. The van der Waals surface area contributed by atoms with Crippen LogP contribution in [0.4, 0.5) is 0 Å². The number of carbonyl (C=O) groups excluding carboxylic acids is 1. The third kappa shape index (κ3) is 3.02. The molecule has 32 heavy (non-hydrogen) atoms. The predicted octanol–water partition coefficient (Wildman–Crippen LogP) is 2.39. The molecule has 0 aliphatic carbocycles. The molecule has 0 bridgehead atoms. The van der Waals surface area contributed by atoms with Crippen LogP contribution in [0.5, 0.6) is 0 Å². The van der Waals surface area contributed by atoms with Gasteiger partial charge in [0.1, 0.15) is 6.04 Å². The Balaban J connectivity index is 1.40. The number of aryl methyl sites for hydroxylation is 1. The highest BCUT2D eigenvalue weighted by molar-refractivity contribution is 9.10. The fourth-order valence-corrected chi connectivity index (χ4v) is 4.32. The molecule has 5 aromatic heterocycles. The molecule has 1 N–H and O–H groups in total. The van der Waals surface area contributed by atoms with Crippen LogP contribution in [0.1, 0.15) is 33.8 Å². The number of carbonyl (C=O) groups is 1. The van der Waals surface area contributed by atoms with Gasteiger partial charge in [-0.2, -0.15) is 10.2 Å². The number of aromatic amines is 1. The lowest BCUT2D eigenvalue weighted by Gasteiger charge is -2.32. The third-order valence-corrected chi connectivity index (χ3v) is 5.94. The zero-order valence-electron chi connectivity index (χ0n) is 16.8. The lowest BCUT2D eigenvalue weighted by molar-refractivity contribution is 0.0646. The minimum absolute atomic E-state index is 0.0839. The first-order valence-corrected chi connectivity index (χ1v) is 10.7. The van der Waals surface area contributed by atoms with E-state index in [0.717, 1.165) is 21.4 Å². The number of imidazole rings is 1. The van der Waals surface area contributed by atoms with Gasteiger partial charge in [-0.3, -0.25) is 9.48 Å². The molecule has 5 aromatic rings. The van der Waals surface area contributed by atoms with Crippen molar-refractivity contribution in [1.82, 2.24) is 44.5 Å². The van der Waals surface area contributed by atoms with Crippen LogP contribution < -0.4 is 0 Å². The van der Waals surface area contributed by atoms with Crippen LogP contribution in [0.3, 0.4) is 0 Å². The summed E-state index contributed by atoms with van der Waals surface area (Å²) < 4.78 is 10.0. The summed E-state index contributed by atoms with van der Waals surface area (Å²) in [7, 11) is 1.79. The Morgan fingerprint density at radius 3 is 3.03 bits per heavy atom. The van der Waals surface area contributed by atoms with Gasteiger partial charge in [0.2, 0.25) is 0 Å². The van der Waals surface area contributed by atoms with Crippen molar-refractivity contribution in [3.63, 3.8) is 0 Å². The smallest absolute Gasteiger partial charge is 0.312 e. The summed E-state index contributed by atoms with van der Waals surface area (Å²) in [4.78, 5) is 22.8. The van der Waals surface area contributed by atoms with Crippen molar-refractivity contribution in [2.45, 2.75) is 12.5 Å². The Morgan fingerprint density at radius 1 is 1.28 bits per heavy atom. The van der Waals surface area contributed by atoms with Crippen LogP contribution in [0.2, 0.25) is 0 Å². The van der Waals surface area contributed by atoms with Crippen LogP contribution >= 0.6 is 15.9 Å². The first-order valence-electron chi connectivity index (χ1n) is 9.87. The maximum absolute atomic E-state index is 13.5. The van der Waals surface area contributed by atoms with Crippen LogP contribution in [0.25, 0.3) is 17.0 Å². The molecule has 6 rings (SSSR count). The van der Waals surface area contributed by atoms with E-state index in [1.807, 2.05) is 24.4 Å². The zero-order valence-corrected chi connectivity index (χ0v) is 18.4.